The molecule has 0 fully saturated rings. The van der Waals surface area contributed by atoms with Gasteiger partial charge in [-0.15, -0.1) is 10.2 Å². The van der Waals surface area contributed by atoms with Gasteiger partial charge in [0.05, 0.1) is 11.1 Å². The van der Waals surface area contributed by atoms with E-state index in [1.807, 2.05) is 36.4 Å². The van der Waals surface area contributed by atoms with E-state index in [0.29, 0.717) is 0 Å². The van der Waals surface area contributed by atoms with Gasteiger partial charge in [0.2, 0.25) is 0 Å². The number of fused-ring (bicyclic) bond motifs is 3. The summed E-state index contributed by atoms with van der Waals surface area (Å²) in [5, 5.41) is 11.9. The van der Waals surface area contributed by atoms with Crippen LogP contribution in [0, 0.1) is 6.92 Å². The molecule has 0 spiro atoms. The predicted molar refractivity (Wildman–Crippen MR) is 163 cm³/mol. The van der Waals surface area contributed by atoms with Gasteiger partial charge in [-0.3, -0.25) is 4.57 Å². The van der Waals surface area contributed by atoms with E-state index < -0.39 is 0 Å². The summed E-state index contributed by atoms with van der Waals surface area (Å²) >= 11 is 0. The highest BCUT2D eigenvalue weighted by Gasteiger charge is 2.32. The normalized spacial score (nSPS) is 11.9. The van der Waals surface area contributed by atoms with Crippen LogP contribution in [0.4, 0.5) is 0 Å². The van der Waals surface area contributed by atoms with E-state index in [0.717, 1.165) is 50.4 Å². The van der Waals surface area contributed by atoms with Gasteiger partial charge in [0, 0.05) is 16.3 Å². The van der Waals surface area contributed by atoms with Gasteiger partial charge >= 0.3 is 0 Å². The fourth-order valence-electron chi connectivity index (χ4n) is 5.67. The van der Waals surface area contributed by atoms with E-state index in [-0.39, 0.29) is 5.41 Å². The molecule has 0 aliphatic rings. The van der Waals surface area contributed by atoms with Crippen LogP contribution < -0.4 is 0 Å². The minimum absolute atomic E-state index is 0.385. The maximum absolute atomic E-state index is 6.11. The summed E-state index contributed by atoms with van der Waals surface area (Å²) in [5.74, 6) is 1.70. The number of rotatable bonds is 5. The first-order valence-corrected chi connectivity index (χ1v) is 13.6. The summed E-state index contributed by atoms with van der Waals surface area (Å²) in [6.45, 7) is 6.60. The number of furan rings is 1. The second-order valence-electron chi connectivity index (χ2n) is 10.9. The van der Waals surface area contributed by atoms with Crippen LogP contribution in [0.2, 0.25) is 0 Å². The molecule has 194 valence electrons. The Morgan fingerprint density at radius 3 is 2.05 bits per heavy atom. The van der Waals surface area contributed by atoms with E-state index >= 15 is 0 Å². The van der Waals surface area contributed by atoms with Crippen molar-refractivity contribution in [2.24, 2.45) is 0 Å². The van der Waals surface area contributed by atoms with Crippen LogP contribution in [0.5, 0.6) is 0 Å². The quantitative estimate of drug-likeness (QED) is 0.228. The van der Waals surface area contributed by atoms with Crippen LogP contribution in [0.1, 0.15) is 30.8 Å². The molecular weight excluding hydrogens is 490 g/mol. The first-order chi connectivity index (χ1) is 19.5. The number of para-hydroxylation sites is 1. The summed E-state index contributed by atoms with van der Waals surface area (Å²) in [5.41, 5.74) is 8.15. The van der Waals surface area contributed by atoms with Crippen LogP contribution in [0.15, 0.2) is 126 Å². The predicted octanol–water partition coefficient (Wildman–Crippen LogP) is 9.14. The molecule has 0 unspecified atom stereocenters. The highest BCUT2D eigenvalue weighted by molar-refractivity contribution is 6.06. The highest BCUT2D eigenvalue weighted by atomic mass is 16.3. The molecule has 2 aromatic heterocycles. The largest absolute Gasteiger partial charge is 0.456 e. The second kappa shape index (κ2) is 9.35. The van der Waals surface area contributed by atoms with Gasteiger partial charge in [0.1, 0.15) is 17.0 Å². The molecule has 0 atom stereocenters. The molecule has 0 saturated heterocycles. The smallest absolute Gasteiger partial charge is 0.168 e. The minimum Gasteiger partial charge on any atom is -0.456 e. The molecule has 0 amide bonds. The molecule has 0 aliphatic heterocycles. The van der Waals surface area contributed by atoms with Crippen molar-refractivity contribution in [1.29, 1.82) is 0 Å². The molecule has 0 radical (unpaired) electrons. The fourth-order valence-corrected chi connectivity index (χ4v) is 5.67. The molecule has 0 saturated carbocycles. The molecule has 4 nitrogen and oxygen atoms in total. The molecule has 4 heteroatoms. The van der Waals surface area contributed by atoms with Crippen LogP contribution in [0.25, 0.3) is 50.1 Å². The fraction of sp³-hybridized carbons (Fsp3) is 0.111. The molecule has 2 heterocycles. The Labute approximate surface area is 233 Å². The Morgan fingerprint density at radius 1 is 0.600 bits per heavy atom. The Bertz CT molecular complexity index is 1980. The van der Waals surface area contributed by atoms with Crippen molar-refractivity contribution >= 4 is 21.9 Å². The monoisotopic (exact) mass is 519 g/mol. The Hall–Kier alpha value is -4.96. The standard InChI is InChI=1S/C36H29N3O/c1-24-22-26(25-12-6-4-7-13-25)18-20-31(24)39-34(37-38-35(39)36(2,3)28-14-8-5-9-15-28)27-19-21-33-30(23-27)29-16-10-11-17-32(29)40-33/h4-23H,1-3H3. The van der Waals surface area contributed by atoms with Crippen molar-refractivity contribution < 1.29 is 4.42 Å². The lowest BCUT2D eigenvalue weighted by molar-refractivity contribution is 0.576. The van der Waals surface area contributed by atoms with Gasteiger partial charge in [0.15, 0.2) is 5.82 Å². The molecule has 7 rings (SSSR count). The maximum atomic E-state index is 6.11. The molecule has 0 bridgehead atoms. The summed E-state index contributed by atoms with van der Waals surface area (Å²) in [4.78, 5) is 0. The van der Waals surface area contributed by atoms with E-state index in [1.54, 1.807) is 0 Å². The third-order valence-corrected chi connectivity index (χ3v) is 7.90. The van der Waals surface area contributed by atoms with Crippen LogP contribution >= 0.6 is 0 Å². The van der Waals surface area contributed by atoms with Crippen LogP contribution in [0.3, 0.4) is 0 Å². The van der Waals surface area contributed by atoms with Crippen molar-refractivity contribution in [3.05, 3.63) is 138 Å². The molecule has 7 aromatic rings. The van der Waals surface area contributed by atoms with Crippen molar-refractivity contribution in [3.63, 3.8) is 0 Å². The molecule has 0 aliphatic carbocycles. The summed E-state index contributed by atoms with van der Waals surface area (Å²) in [6, 6.07) is 42.1. The maximum Gasteiger partial charge on any atom is 0.168 e. The molecule has 5 aromatic carbocycles. The van der Waals surface area contributed by atoms with Crippen molar-refractivity contribution in [2.75, 3.05) is 0 Å². The third kappa shape index (κ3) is 3.92. The van der Waals surface area contributed by atoms with E-state index in [9.17, 15) is 0 Å². The lowest BCUT2D eigenvalue weighted by Crippen LogP contribution is -2.24. The van der Waals surface area contributed by atoms with Crippen LogP contribution in [-0.2, 0) is 5.41 Å². The van der Waals surface area contributed by atoms with Gasteiger partial charge in [-0.1, -0.05) is 84.9 Å². The van der Waals surface area contributed by atoms with Crippen molar-refractivity contribution in [1.82, 2.24) is 14.8 Å². The van der Waals surface area contributed by atoms with E-state index in [4.69, 9.17) is 14.6 Å². The zero-order valence-corrected chi connectivity index (χ0v) is 22.8. The van der Waals surface area contributed by atoms with E-state index in [1.165, 1.54) is 16.7 Å². The Balaban J connectivity index is 1.46. The summed E-state index contributed by atoms with van der Waals surface area (Å²) in [7, 11) is 0. The minimum atomic E-state index is -0.385. The zero-order valence-electron chi connectivity index (χ0n) is 22.8. The average molecular weight is 520 g/mol. The lowest BCUT2D eigenvalue weighted by atomic mass is 9.83. The van der Waals surface area contributed by atoms with Crippen molar-refractivity contribution in [2.45, 2.75) is 26.2 Å². The lowest BCUT2D eigenvalue weighted by Gasteiger charge is -2.26. The SMILES string of the molecule is Cc1cc(-c2ccccc2)ccc1-n1c(-c2ccc3oc4ccccc4c3c2)nnc1C(C)(C)c1ccccc1. The molecule has 40 heavy (non-hydrogen) atoms. The van der Waals surface area contributed by atoms with Crippen molar-refractivity contribution in [3.8, 4) is 28.2 Å². The van der Waals surface area contributed by atoms with E-state index in [2.05, 4.69) is 110 Å². The van der Waals surface area contributed by atoms with Crippen LogP contribution in [-0.4, -0.2) is 14.8 Å². The third-order valence-electron chi connectivity index (χ3n) is 7.90. The number of hydrogen-bond acceptors (Lipinski definition) is 3. The Morgan fingerprint density at radius 2 is 1.27 bits per heavy atom. The number of nitrogens with zero attached hydrogens (tertiary/aromatic N) is 3. The number of aryl methyl sites for hydroxylation is 1. The number of hydrogen-bond donors (Lipinski definition) is 0. The second-order valence-corrected chi connectivity index (χ2v) is 10.9. The molecular formula is C36H29N3O. The first kappa shape index (κ1) is 24.1. The first-order valence-electron chi connectivity index (χ1n) is 13.6. The molecule has 0 N–H and O–H groups in total. The number of benzene rings is 5. The topological polar surface area (TPSA) is 43.9 Å². The van der Waals surface area contributed by atoms with Gasteiger partial charge in [-0.2, -0.15) is 0 Å². The number of aromatic nitrogens is 3. The highest BCUT2D eigenvalue weighted by Crippen LogP contribution is 2.38. The van der Waals surface area contributed by atoms with Gasteiger partial charge < -0.3 is 4.42 Å². The zero-order chi connectivity index (χ0) is 27.3. The van der Waals surface area contributed by atoms with Gasteiger partial charge in [0.25, 0.3) is 0 Å². The Kier molecular flexibility index (Phi) is 5.64. The summed E-state index contributed by atoms with van der Waals surface area (Å²) in [6.07, 6.45) is 0. The average Bonchev–Trinajstić information content (AvgIpc) is 3.60. The van der Waals surface area contributed by atoms with Gasteiger partial charge in [-0.05, 0) is 79.4 Å². The summed E-state index contributed by atoms with van der Waals surface area (Å²) < 4.78 is 8.34. The van der Waals surface area contributed by atoms with Gasteiger partial charge in [-0.25, -0.2) is 0 Å².